The number of carbonyl (C=O) groups excluding carboxylic acids is 5. The number of nitrogens with one attached hydrogen (secondary N) is 4. The lowest BCUT2D eigenvalue weighted by Gasteiger charge is -2.27. The molecule has 5 atom stereocenters. The molecule has 0 aliphatic heterocycles. The minimum atomic E-state index is -1.39. The first kappa shape index (κ1) is 32.0. The molecule has 0 spiro atoms. The maximum Gasteiger partial charge on any atom is 0.305 e. The number of aliphatic hydroxyl groups is 1. The second kappa shape index (κ2) is 15.3. The Morgan fingerprint density at radius 1 is 0.842 bits per heavy atom. The summed E-state index contributed by atoms with van der Waals surface area (Å²) < 4.78 is 0. The summed E-state index contributed by atoms with van der Waals surface area (Å²) in [5.41, 5.74) is 0.593. The maximum atomic E-state index is 13.1. The molecule has 0 heterocycles. The first-order valence-electron chi connectivity index (χ1n) is 12.1. The molecule has 0 bridgehead atoms. The molecule has 13 nitrogen and oxygen atoms in total. The summed E-state index contributed by atoms with van der Waals surface area (Å²) in [6.45, 7) is 5.91. The predicted molar refractivity (Wildman–Crippen MR) is 135 cm³/mol. The van der Waals surface area contributed by atoms with Crippen LogP contribution in [-0.2, 0) is 35.2 Å². The Hall–Kier alpha value is -4.00. The van der Waals surface area contributed by atoms with Crippen LogP contribution < -0.4 is 21.3 Å². The Kier molecular flexibility index (Phi) is 12.9. The Labute approximate surface area is 220 Å². The van der Waals surface area contributed by atoms with Crippen LogP contribution in [0.15, 0.2) is 24.3 Å². The molecule has 38 heavy (non-hydrogen) atoms. The topological polar surface area (TPSA) is 211 Å². The van der Waals surface area contributed by atoms with E-state index in [-0.39, 0.29) is 18.6 Å². The van der Waals surface area contributed by atoms with E-state index < -0.39 is 72.2 Å². The summed E-state index contributed by atoms with van der Waals surface area (Å²) in [5.74, 6) is -4.57. The van der Waals surface area contributed by atoms with Gasteiger partial charge in [0.2, 0.25) is 23.6 Å². The van der Waals surface area contributed by atoms with Gasteiger partial charge in [0.15, 0.2) is 0 Å². The van der Waals surface area contributed by atoms with E-state index in [2.05, 4.69) is 21.3 Å². The Morgan fingerprint density at radius 2 is 1.45 bits per heavy atom. The molecule has 0 aliphatic rings. The van der Waals surface area contributed by atoms with E-state index in [0.717, 1.165) is 0 Å². The number of amides is 4. The lowest BCUT2D eigenvalue weighted by molar-refractivity contribution is -0.138. The van der Waals surface area contributed by atoms with Gasteiger partial charge >= 0.3 is 5.97 Å². The van der Waals surface area contributed by atoms with Crippen LogP contribution >= 0.6 is 0 Å². The van der Waals surface area contributed by atoms with Crippen molar-refractivity contribution in [1.29, 1.82) is 0 Å². The minimum Gasteiger partial charge on any atom is -0.508 e. The summed E-state index contributed by atoms with van der Waals surface area (Å²) in [6.07, 6.45) is -1.61. The number of benzene rings is 1. The van der Waals surface area contributed by atoms with E-state index in [1.807, 2.05) is 0 Å². The van der Waals surface area contributed by atoms with E-state index in [1.54, 1.807) is 26.0 Å². The lowest BCUT2D eigenvalue weighted by Crippen LogP contribution is -2.59. The largest absolute Gasteiger partial charge is 0.508 e. The van der Waals surface area contributed by atoms with Gasteiger partial charge in [-0.15, -0.1) is 0 Å². The molecule has 210 valence electrons. The van der Waals surface area contributed by atoms with Gasteiger partial charge in [-0.05, 0) is 37.5 Å². The lowest BCUT2D eigenvalue weighted by atomic mass is 10.0. The molecule has 13 heteroatoms. The number of phenolic OH excluding ortho intramolecular Hbond substituents is 1. The van der Waals surface area contributed by atoms with Crippen molar-refractivity contribution in [1.82, 2.24) is 21.3 Å². The molecule has 4 amide bonds. The van der Waals surface area contributed by atoms with Crippen LogP contribution in [0.1, 0.15) is 46.1 Å². The number of aldehydes is 1. The van der Waals surface area contributed by atoms with Gasteiger partial charge in [0.05, 0.1) is 6.42 Å². The molecule has 0 saturated carbocycles. The maximum absolute atomic E-state index is 13.1. The fraction of sp³-hybridized carbons (Fsp3) is 0.520. The summed E-state index contributed by atoms with van der Waals surface area (Å²) in [5, 5.41) is 37.9. The highest BCUT2D eigenvalue weighted by Gasteiger charge is 2.31. The van der Waals surface area contributed by atoms with Gasteiger partial charge in [-0.2, -0.15) is 0 Å². The average Bonchev–Trinajstić information content (AvgIpc) is 2.82. The third kappa shape index (κ3) is 10.9. The van der Waals surface area contributed by atoms with Crippen LogP contribution in [0.3, 0.4) is 0 Å². The normalized spacial score (nSPS) is 14.8. The van der Waals surface area contributed by atoms with E-state index in [0.29, 0.717) is 11.8 Å². The highest BCUT2D eigenvalue weighted by Crippen LogP contribution is 2.12. The molecule has 1 aromatic carbocycles. The summed E-state index contributed by atoms with van der Waals surface area (Å²) in [4.78, 5) is 72.4. The standard InChI is InChI=1S/C25H36N4O9/c1-13(2)21(25(38)26-14(3)22(35)27-17(9-10-30)12-20(33)34)29-24(37)19(28-23(36)15(4)31)11-16-5-7-18(32)8-6-16/h5-8,10,13-15,17,19,21,31-32H,9,11-12H2,1-4H3,(H,26,38)(H,27,35)(H,28,36)(H,29,37)(H,33,34)/t14-,15-,17+,19-,21-/m0/s1. The monoisotopic (exact) mass is 536 g/mol. The smallest absolute Gasteiger partial charge is 0.305 e. The Morgan fingerprint density at radius 3 is 1.95 bits per heavy atom. The minimum absolute atomic E-state index is 0.00247. The van der Waals surface area contributed by atoms with Gasteiger partial charge in [-0.1, -0.05) is 26.0 Å². The number of hydrogen-bond donors (Lipinski definition) is 7. The van der Waals surface area contributed by atoms with Crippen LogP contribution in [0.5, 0.6) is 5.75 Å². The number of carboxylic acids is 1. The fourth-order valence-electron chi connectivity index (χ4n) is 3.37. The molecule has 7 N–H and O–H groups in total. The third-order valence-electron chi connectivity index (χ3n) is 5.54. The molecule has 1 aromatic rings. The number of carbonyl (C=O) groups is 6. The predicted octanol–water partition coefficient (Wildman–Crippen LogP) is -1.01. The number of rotatable bonds is 15. The van der Waals surface area contributed by atoms with Crippen molar-refractivity contribution in [2.75, 3.05) is 0 Å². The average molecular weight is 537 g/mol. The highest BCUT2D eigenvalue weighted by atomic mass is 16.4. The van der Waals surface area contributed by atoms with Crippen molar-refractivity contribution in [2.45, 2.75) is 77.2 Å². The number of phenols is 1. The molecule has 0 aromatic heterocycles. The van der Waals surface area contributed by atoms with Gasteiger partial charge in [0, 0.05) is 18.9 Å². The molecule has 0 radical (unpaired) electrons. The van der Waals surface area contributed by atoms with E-state index in [1.165, 1.54) is 26.0 Å². The zero-order chi connectivity index (χ0) is 29.0. The third-order valence-corrected chi connectivity index (χ3v) is 5.54. The first-order valence-corrected chi connectivity index (χ1v) is 12.1. The highest BCUT2D eigenvalue weighted by molar-refractivity contribution is 5.95. The Bertz CT molecular complexity index is 995. The number of hydrogen-bond acceptors (Lipinski definition) is 8. The number of aromatic hydroxyl groups is 1. The zero-order valence-electron chi connectivity index (χ0n) is 21.8. The van der Waals surface area contributed by atoms with Gasteiger partial charge in [0.1, 0.15) is 36.3 Å². The molecule has 1 rings (SSSR count). The zero-order valence-corrected chi connectivity index (χ0v) is 21.8. The number of aliphatic carboxylic acids is 1. The molecular formula is C25H36N4O9. The second-order valence-electron chi connectivity index (χ2n) is 9.27. The van der Waals surface area contributed by atoms with Crippen LogP contribution in [0.4, 0.5) is 0 Å². The van der Waals surface area contributed by atoms with Gasteiger partial charge in [0.25, 0.3) is 0 Å². The fourth-order valence-corrected chi connectivity index (χ4v) is 3.37. The quantitative estimate of drug-likeness (QED) is 0.137. The molecule has 0 aliphatic carbocycles. The van der Waals surface area contributed by atoms with Gasteiger partial charge in [-0.3, -0.25) is 24.0 Å². The Balaban J connectivity index is 2.97. The second-order valence-corrected chi connectivity index (χ2v) is 9.27. The van der Waals surface area contributed by atoms with Gasteiger partial charge < -0.3 is 41.4 Å². The van der Waals surface area contributed by atoms with E-state index >= 15 is 0 Å². The molecular weight excluding hydrogens is 500 g/mol. The summed E-state index contributed by atoms with van der Waals surface area (Å²) in [7, 11) is 0. The summed E-state index contributed by atoms with van der Waals surface area (Å²) >= 11 is 0. The van der Waals surface area contributed by atoms with Crippen molar-refractivity contribution in [3.8, 4) is 5.75 Å². The van der Waals surface area contributed by atoms with Crippen molar-refractivity contribution < 1.29 is 44.1 Å². The molecule has 0 unspecified atom stereocenters. The number of carboxylic acid groups (broad SMARTS) is 1. The van der Waals surface area contributed by atoms with E-state index in [9.17, 15) is 39.0 Å². The summed E-state index contributed by atoms with van der Waals surface area (Å²) in [6, 6.07) is 1.58. The van der Waals surface area contributed by atoms with Crippen molar-refractivity contribution in [3.63, 3.8) is 0 Å². The van der Waals surface area contributed by atoms with Gasteiger partial charge in [-0.25, -0.2) is 0 Å². The molecule has 0 saturated heterocycles. The SMILES string of the molecule is CC(C)[C@H](NC(=O)[C@H](Cc1ccc(O)cc1)NC(=O)[C@H](C)O)C(=O)N[C@@H](C)C(=O)N[C@H](CC=O)CC(=O)O. The van der Waals surface area contributed by atoms with Crippen molar-refractivity contribution >= 4 is 35.9 Å². The van der Waals surface area contributed by atoms with Crippen LogP contribution in [0.25, 0.3) is 0 Å². The van der Waals surface area contributed by atoms with Crippen LogP contribution in [0, 0.1) is 5.92 Å². The van der Waals surface area contributed by atoms with Crippen molar-refractivity contribution in [2.24, 2.45) is 5.92 Å². The van der Waals surface area contributed by atoms with Crippen LogP contribution in [-0.4, -0.2) is 81.5 Å². The van der Waals surface area contributed by atoms with Crippen LogP contribution in [0.2, 0.25) is 0 Å². The first-order chi connectivity index (χ1) is 17.7. The molecule has 0 fully saturated rings. The number of aliphatic hydroxyl groups excluding tert-OH is 1. The van der Waals surface area contributed by atoms with E-state index in [4.69, 9.17) is 5.11 Å². The van der Waals surface area contributed by atoms with Crippen molar-refractivity contribution in [3.05, 3.63) is 29.8 Å².